The Hall–Kier alpha value is -3.28. The van der Waals surface area contributed by atoms with Gasteiger partial charge in [-0.1, -0.05) is 17.7 Å². The van der Waals surface area contributed by atoms with Crippen LogP contribution in [0.1, 0.15) is 5.56 Å². The van der Waals surface area contributed by atoms with Gasteiger partial charge in [0.05, 0.1) is 5.69 Å². The van der Waals surface area contributed by atoms with Gasteiger partial charge in [-0.2, -0.15) is 5.10 Å². The van der Waals surface area contributed by atoms with Gasteiger partial charge in [0.15, 0.2) is 0 Å². The second-order valence-corrected chi connectivity index (χ2v) is 5.36. The highest BCUT2D eigenvalue weighted by molar-refractivity contribution is 5.90. The largest absolute Gasteiger partial charge is 0.324 e. The zero-order valence-electron chi connectivity index (χ0n) is 13.1. The Kier molecular flexibility index (Phi) is 4.47. The monoisotopic (exact) mass is 320 g/mol. The molecule has 0 radical (unpaired) electrons. The van der Waals surface area contributed by atoms with Crippen molar-refractivity contribution >= 4 is 11.6 Å². The summed E-state index contributed by atoms with van der Waals surface area (Å²) in [5.41, 5.74) is 2.91. The minimum Gasteiger partial charge on any atom is -0.324 e. The smallest absolute Gasteiger partial charge is 0.267 e. The third-order valence-electron chi connectivity index (χ3n) is 3.47. The van der Waals surface area contributed by atoms with Crippen molar-refractivity contribution in [3.8, 4) is 11.3 Å². The topological polar surface area (TPSA) is 76.9 Å². The minimum atomic E-state index is -0.327. The molecular weight excluding hydrogens is 304 g/mol. The van der Waals surface area contributed by atoms with Gasteiger partial charge < -0.3 is 5.32 Å². The molecule has 3 rings (SSSR count). The summed E-state index contributed by atoms with van der Waals surface area (Å²) in [4.78, 5) is 28.0. The fourth-order valence-corrected chi connectivity index (χ4v) is 2.21. The number of nitrogens with one attached hydrogen (secondary N) is 1. The fraction of sp³-hybridized carbons (Fsp3) is 0.111. The molecule has 2 heterocycles. The summed E-state index contributed by atoms with van der Waals surface area (Å²) in [6, 6.07) is 14.1. The van der Waals surface area contributed by atoms with Crippen molar-refractivity contribution in [2.45, 2.75) is 13.5 Å². The molecule has 0 saturated heterocycles. The van der Waals surface area contributed by atoms with Gasteiger partial charge >= 0.3 is 0 Å². The predicted molar refractivity (Wildman–Crippen MR) is 91.5 cm³/mol. The molecule has 0 saturated carbocycles. The Bertz CT molecular complexity index is 902. The third-order valence-corrected chi connectivity index (χ3v) is 3.47. The van der Waals surface area contributed by atoms with Gasteiger partial charge in [-0.15, -0.1) is 0 Å². The van der Waals surface area contributed by atoms with Crippen molar-refractivity contribution in [2.75, 3.05) is 5.32 Å². The van der Waals surface area contributed by atoms with Gasteiger partial charge in [-0.3, -0.25) is 14.6 Å². The van der Waals surface area contributed by atoms with Crippen LogP contribution >= 0.6 is 0 Å². The first-order chi connectivity index (χ1) is 11.6. The Morgan fingerprint density at radius 2 is 1.75 bits per heavy atom. The summed E-state index contributed by atoms with van der Waals surface area (Å²) < 4.78 is 1.15. The van der Waals surface area contributed by atoms with E-state index < -0.39 is 0 Å². The maximum atomic E-state index is 12.1. The van der Waals surface area contributed by atoms with E-state index in [0.717, 1.165) is 15.8 Å². The molecule has 0 aliphatic heterocycles. The molecule has 0 bridgehead atoms. The Labute approximate surface area is 138 Å². The number of hydrogen-bond acceptors (Lipinski definition) is 4. The first kappa shape index (κ1) is 15.6. The van der Waals surface area contributed by atoms with Crippen LogP contribution in [0.25, 0.3) is 11.3 Å². The summed E-state index contributed by atoms with van der Waals surface area (Å²) in [5, 5.41) is 7.01. The molecule has 3 aromatic rings. The summed E-state index contributed by atoms with van der Waals surface area (Å²) in [6.45, 7) is 1.82. The molecule has 0 fully saturated rings. The molecule has 24 heavy (non-hydrogen) atoms. The molecular formula is C18H16N4O2. The van der Waals surface area contributed by atoms with Gasteiger partial charge in [0.1, 0.15) is 6.54 Å². The zero-order chi connectivity index (χ0) is 16.9. The zero-order valence-corrected chi connectivity index (χ0v) is 13.1. The van der Waals surface area contributed by atoms with Crippen LogP contribution < -0.4 is 10.9 Å². The van der Waals surface area contributed by atoms with Crippen LogP contribution in [0.2, 0.25) is 0 Å². The molecule has 1 amide bonds. The van der Waals surface area contributed by atoms with E-state index in [1.807, 2.05) is 31.2 Å². The normalized spacial score (nSPS) is 10.4. The molecule has 0 aliphatic carbocycles. The Morgan fingerprint density at radius 3 is 2.46 bits per heavy atom. The molecule has 120 valence electrons. The first-order valence-electron chi connectivity index (χ1n) is 7.47. The standard InChI is InChI=1S/C18H16N4O2/c1-13-2-4-15(5-3-13)20-17(23)12-22-18(24)7-6-16(21-22)14-8-10-19-11-9-14/h2-11H,12H2,1H3,(H,20,23). The van der Waals surface area contributed by atoms with Gasteiger partial charge in [0.2, 0.25) is 5.91 Å². The van der Waals surface area contributed by atoms with Crippen LogP contribution in [0, 0.1) is 6.92 Å². The van der Waals surface area contributed by atoms with Gasteiger partial charge in [0, 0.05) is 29.7 Å². The average Bonchev–Trinajstić information content (AvgIpc) is 2.60. The molecule has 1 N–H and O–H groups in total. The van der Waals surface area contributed by atoms with E-state index in [0.29, 0.717) is 11.4 Å². The van der Waals surface area contributed by atoms with Crippen LogP contribution in [0.5, 0.6) is 0 Å². The SMILES string of the molecule is Cc1ccc(NC(=O)Cn2nc(-c3ccncc3)ccc2=O)cc1. The molecule has 0 atom stereocenters. The lowest BCUT2D eigenvalue weighted by Crippen LogP contribution is -2.29. The number of hydrogen-bond donors (Lipinski definition) is 1. The maximum Gasteiger partial charge on any atom is 0.267 e. The molecule has 0 spiro atoms. The van der Waals surface area contributed by atoms with E-state index in [-0.39, 0.29) is 18.0 Å². The number of pyridine rings is 1. The molecule has 0 aliphatic rings. The van der Waals surface area contributed by atoms with Crippen molar-refractivity contribution in [2.24, 2.45) is 0 Å². The predicted octanol–water partition coefficient (Wildman–Crippen LogP) is 2.25. The maximum absolute atomic E-state index is 12.1. The number of aryl methyl sites for hydroxylation is 1. The quantitative estimate of drug-likeness (QED) is 0.800. The van der Waals surface area contributed by atoms with Crippen LogP contribution in [0.15, 0.2) is 65.7 Å². The van der Waals surface area contributed by atoms with Crippen molar-refractivity contribution < 1.29 is 4.79 Å². The molecule has 6 nitrogen and oxygen atoms in total. The lowest BCUT2D eigenvalue weighted by atomic mass is 10.2. The van der Waals surface area contributed by atoms with Crippen molar-refractivity contribution in [3.63, 3.8) is 0 Å². The molecule has 2 aromatic heterocycles. The van der Waals surface area contributed by atoms with Crippen molar-refractivity contribution in [3.05, 3.63) is 76.8 Å². The van der Waals surface area contributed by atoms with E-state index in [1.165, 1.54) is 6.07 Å². The molecule has 1 aromatic carbocycles. The highest BCUT2D eigenvalue weighted by Crippen LogP contribution is 2.13. The van der Waals surface area contributed by atoms with E-state index in [4.69, 9.17) is 0 Å². The minimum absolute atomic E-state index is 0.147. The van der Waals surface area contributed by atoms with E-state index in [2.05, 4.69) is 15.4 Å². The number of rotatable bonds is 4. The van der Waals surface area contributed by atoms with Crippen molar-refractivity contribution in [1.82, 2.24) is 14.8 Å². The second-order valence-electron chi connectivity index (χ2n) is 5.36. The van der Waals surface area contributed by atoms with Crippen LogP contribution in [0.3, 0.4) is 0 Å². The highest BCUT2D eigenvalue weighted by Gasteiger charge is 2.08. The van der Waals surface area contributed by atoms with Crippen LogP contribution in [0.4, 0.5) is 5.69 Å². The Morgan fingerprint density at radius 1 is 1.04 bits per heavy atom. The first-order valence-corrected chi connectivity index (χ1v) is 7.47. The van der Waals surface area contributed by atoms with E-state index in [1.54, 1.807) is 30.6 Å². The fourth-order valence-electron chi connectivity index (χ4n) is 2.21. The van der Waals surface area contributed by atoms with Gasteiger partial charge in [0.25, 0.3) is 5.56 Å². The lowest BCUT2D eigenvalue weighted by Gasteiger charge is -2.08. The van der Waals surface area contributed by atoms with Gasteiger partial charge in [-0.05, 0) is 37.3 Å². The highest BCUT2D eigenvalue weighted by atomic mass is 16.2. The summed E-state index contributed by atoms with van der Waals surface area (Å²) in [5.74, 6) is -0.305. The number of benzene rings is 1. The number of aromatic nitrogens is 3. The number of carbonyl (C=O) groups excluding carboxylic acids is 1. The third kappa shape index (κ3) is 3.73. The van der Waals surface area contributed by atoms with E-state index >= 15 is 0 Å². The van der Waals surface area contributed by atoms with Crippen molar-refractivity contribution in [1.29, 1.82) is 0 Å². The summed E-state index contributed by atoms with van der Waals surface area (Å²) in [6.07, 6.45) is 3.30. The second kappa shape index (κ2) is 6.87. The lowest BCUT2D eigenvalue weighted by molar-refractivity contribution is -0.117. The molecule has 6 heteroatoms. The summed E-state index contributed by atoms with van der Waals surface area (Å²) in [7, 11) is 0. The van der Waals surface area contributed by atoms with E-state index in [9.17, 15) is 9.59 Å². The van der Waals surface area contributed by atoms with Crippen LogP contribution in [-0.2, 0) is 11.3 Å². The number of nitrogens with zero attached hydrogens (tertiary/aromatic N) is 3. The number of amides is 1. The molecule has 0 unspecified atom stereocenters. The number of carbonyl (C=O) groups is 1. The van der Waals surface area contributed by atoms with Gasteiger partial charge in [-0.25, -0.2) is 4.68 Å². The average molecular weight is 320 g/mol. The summed E-state index contributed by atoms with van der Waals surface area (Å²) >= 11 is 0. The Balaban J connectivity index is 1.78. The number of anilines is 1. The van der Waals surface area contributed by atoms with Crippen LogP contribution in [-0.4, -0.2) is 20.7 Å².